The molecule has 1 aromatic heterocycles. The molecule has 1 amide bonds. The summed E-state index contributed by atoms with van der Waals surface area (Å²) in [6, 6.07) is 10.2. The van der Waals surface area contributed by atoms with Crippen LogP contribution < -0.4 is 10.0 Å². The minimum Gasteiger partial charge on any atom is -0.545 e. The Bertz CT molecular complexity index is 738. The van der Waals surface area contributed by atoms with Crippen molar-refractivity contribution < 1.29 is 14.7 Å². The highest BCUT2D eigenvalue weighted by molar-refractivity contribution is 5.94. The lowest BCUT2D eigenvalue weighted by atomic mass is 10.0. The molecule has 22 heavy (non-hydrogen) atoms. The van der Waals surface area contributed by atoms with Crippen molar-refractivity contribution in [2.75, 3.05) is 11.4 Å². The Morgan fingerprint density at radius 1 is 1.18 bits per heavy atom. The Kier molecular flexibility index (Phi) is 3.63. The van der Waals surface area contributed by atoms with Crippen LogP contribution in [0.4, 0.5) is 5.82 Å². The number of nitrogens with zero attached hydrogens (tertiary/aromatic N) is 2. The summed E-state index contributed by atoms with van der Waals surface area (Å²) in [6.07, 6.45) is 1.44. The number of carboxylic acid groups (broad SMARTS) is 1. The van der Waals surface area contributed by atoms with Crippen LogP contribution in [0.2, 0.25) is 0 Å². The van der Waals surface area contributed by atoms with Crippen molar-refractivity contribution in [3.63, 3.8) is 0 Å². The Morgan fingerprint density at radius 3 is 2.45 bits per heavy atom. The molecule has 112 valence electrons. The molecule has 5 nitrogen and oxygen atoms in total. The SMILES string of the molecule is Cc1nc(N2CCCC2=O)ccc1-c1ccc(C(=O)[O-])cc1. The molecule has 1 fully saturated rings. The molecule has 1 aromatic carbocycles. The summed E-state index contributed by atoms with van der Waals surface area (Å²) in [5.74, 6) is -0.405. The number of carbonyl (C=O) groups is 2. The van der Waals surface area contributed by atoms with Gasteiger partial charge in [0.25, 0.3) is 0 Å². The number of aromatic carboxylic acids is 1. The van der Waals surface area contributed by atoms with E-state index in [2.05, 4.69) is 4.98 Å². The fourth-order valence-corrected chi connectivity index (χ4v) is 2.68. The van der Waals surface area contributed by atoms with Crippen molar-refractivity contribution in [2.45, 2.75) is 19.8 Å². The second-order valence-electron chi connectivity index (χ2n) is 5.32. The average molecular weight is 295 g/mol. The van der Waals surface area contributed by atoms with Gasteiger partial charge in [-0.05, 0) is 36.6 Å². The van der Waals surface area contributed by atoms with E-state index >= 15 is 0 Å². The van der Waals surface area contributed by atoms with Gasteiger partial charge in [-0.15, -0.1) is 0 Å². The lowest BCUT2D eigenvalue weighted by Gasteiger charge is -2.16. The summed E-state index contributed by atoms with van der Waals surface area (Å²) < 4.78 is 0. The van der Waals surface area contributed by atoms with E-state index in [-0.39, 0.29) is 11.5 Å². The van der Waals surface area contributed by atoms with Crippen LogP contribution in [0.5, 0.6) is 0 Å². The van der Waals surface area contributed by atoms with E-state index in [4.69, 9.17) is 0 Å². The molecule has 0 aliphatic carbocycles. The summed E-state index contributed by atoms with van der Waals surface area (Å²) in [4.78, 5) is 28.8. The van der Waals surface area contributed by atoms with Crippen molar-refractivity contribution in [1.29, 1.82) is 0 Å². The van der Waals surface area contributed by atoms with Gasteiger partial charge in [0.15, 0.2) is 0 Å². The van der Waals surface area contributed by atoms with Gasteiger partial charge < -0.3 is 9.90 Å². The molecule has 0 radical (unpaired) electrons. The van der Waals surface area contributed by atoms with Crippen molar-refractivity contribution in [3.8, 4) is 11.1 Å². The number of benzene rings is 1. The Balaban J connectivity index is 1.92. The first-order chi connectivity index (χ1) is 10.6. The van der Waals surface area contributed by atoms with Crippen molar-refractivity contribution in [2.24, 2.45) is 0 Å². The number of amides is 1. The molecule has 0 atom stereocenters. The number of aromatic nitrogens is 1. The minimum atomic E-state index is -1.19. The van der Waals surface area contributed by atoms with E-state index in [0.29, 0.717) is 18.8 Å². The molecule has 0 unspecified atom stereocenters. The number of hydrogen-bond donors (Lipinski definition) is 0. The van der Waals surface area contributed by atoms with Crippen LogP contribution in [-0.4, -0.2) is 23.4 Å². The molecule has 1 saturated heterocycles. The number of aryl methyl sites for hydroxylation is 1. The molecule has 2 heterocycles. The third-order valence-corrected chi connectivity index (χ3v) is 3.85. The zero-order valence-electron chi connectivity index (χ0n) is 12.2. The molecule has 1 aliphatic rings. The molecule has 0 saturated carbocycles. The van der Waals surface area contributed by atoms with Crippen LogP contribution in [0.15, 0.2) is 36.4 Å². The van der Waals surface area contributed by atoms with Gasteiger partial charge >= 0.3 is 0 Å². The summed E-state index contributed by atoms with van der Waals surface area (Å²) in [6.45, 7) is 2.59. The van der Waals surface area contributed by atoms with Crippen LogP contribution >= 0.6 is 0 Å². The van der Waals surface area contributed by atoms with Crippen molar-refractivity contribution in [3.05, 3.63) is 47.7 Å². The lowest BCUT2D eigenvalue weighted by molar-refractivity contribution is -0.255. The molecule has 1 aliphatic heterocycles. The Labute approximate surface area is 128 Å². The number of anilines is 1. The smallest absolute Gasteiger partial charge is 0.228 e. The monoisotopic (exact) mass is 295 g/mol. The first-order valence-electron chi connectivity index (χ1n) is 7.16. The van der Waals surface area contributed by atoms with E-state index < -0.39 is 5.97 Å². The van der Waals surface area contributed by atoms with Crippen molar-refractivity contribution >= 4 is 17.7 Å². The summed E-state index contributed by atoms with van der Waals surface area (Å²) in [7, 11) is 0. The largest absolute Gasteiger partial charge is 0.545 e. The average Bonchev–Trinajstić information content (AvgIpc) is 2.93. The maximum absolute atomic E-state index is 11.8. The Morgan fingerprint density at radius 2 is 1.91 bits per heavy atom. The quantitative estimate of drug-likeness (QED) is 0.861. The van der Waals surface area contributed by atoms with Gasteiger partial charge in [-0.25, -0.2) is 4.98 Å². The highest BCUT2D eigenvalue weighted by Crippen LogP contribution is 2.27. The summed E-state index contributed by atoms with van der Waals surface area (Å²) in [5, 5.41) is 10.8. The predicted molar refractivity (Wildman–Crippen MR) is 80.3 cm³/mol. The summed E-state index contributed by atoms with van der Waals surface area (Å²) in [5.41, 5.74) is 2.75. The van der Waals surface area contributed by atoms with E-state index in [1.807, 2.05) is 19.1 Å². The number of carbonyl (C=O) groups excluding carboxylic acids is 2. The van der Waals surface area contributed by atoms with Crippen molar-refractivity contribution in [1.82, 2.24) is 4.98 Å². The van der Waals surface area contributed by atoms with Gasteiger partial charge in [-0.1, -0.05) is 24.3 Å². The summed E-state index contributed by atoms with van der Waals surface area (Å²) >= 11 is 0. The molecular weight excluding hydrogens is 280 g/mol. The number of pyridine rings is 1. The van der Waals surface area contributed by atoms with Gasteiger partial charge in [0.2, 0.25) is 5.91 Å². The molecule has 5 heteroatoms. The van der Waals surface area contributed by atoms with E-state index in [1.54, 1.807) is 17.0 Å². The third-order valence-electron chi connectivity index (χ3n) is 3.85. The van der Waals surface area contributed by atoms with Gasteiger partial charge in [0.1, 0.15) is 5.82 Å². The number of carboxylic acids is 1. The Hall–Kier alpha value is -2.69. The zero-order chi connectivity index (χ0) is 15.7. The van der Waals surface area contributed by atoms with Crippen LogP contribution in [0.25, 0.3) is 11.1 Å². The maximum Gasteiger partial charge on any atom is 0.228 e. The molecule has 0 spiro atoms. The maximum atomic E-state index is 11.8. The van der Waals surface area contributed by atoms with Crippen LogP contribution in [0, 0.1) is 6.92 Å². The van der Waals surface area contributed by atoms with Gasteiger partial charge in [0.05, 0.1) is 5.97 Å². The van der Waals surface area contributed by atoms with E-state index in [0.717, 1.165) is 23.2 Å². The van der Waals surface area contributed by atoms with Gasteiger partial charge in [0, 0.05) is 24.2 Å². The van der Waals surface area contributed by atoms with Gasteiger partial charge in [-0.3, -0.25) is 9.69 Å². The molecule has 2 aromatic rings. The predicted octanol–water partition coefficient (Wildman–Crippen LogP) is 1.55. The first-order valence-corrected chi connectivity index (χ1v) is 7.16. The highest BCUT2D eigenvalue weighted by atomic mass is 16.4. The molecule has 0 N–H and O–H groups in total. The third kappa shape index (κ3) is 2.57. The highest BCUT2D eigenvalue weighted by Gasteiger charge is 2.23. The van der Waals surface area contributed by atoms with Crippen LogP contribution in [0.3, 0.4) is 0 Å². The fraction of sp³-hybridized carbons (Fsp3) is 0.235. The number of rotatable bonds is 3. The second kappa shape index (κ2) is 5.60. The molecular formula is C17H15N2O3-. The van der Waals surface area contributed by atoms with E-state index in [9.17, 15) is 14.7 Å². The topological polar surface area (TPSA) is 73.3 Å². The van der Waals surface area contributed by atoms with E-state index in [1.165, 1.54) is 12.1 Å². The van der Waals surface area contributed by atoms with Crippen LogP contribution in [0.1, 0.15) is 28.9 Å². The lowest BCUT2D eigenvalue weighted by Crippen LogP contribution is -2.24. The second-order valence-corrected chi connectivity index (χ2v) is 5.32. The normalized spacial score (nSPS) is 14.4. The van der Waals surface area contributed by atoms with Gasteiger partial charge in [-0.2, -0.15) is 0 Å². The first kappa shape index (κ1) is 14.3. The molecule has 0 bridgehead atoms. The molecule has 3 rings (SSSR count). The van der Waals surface area contributed by atoms with Crippen LogP contribution in [-0.2, 0) is 4.79 Å². The fourth-order valence-electron chi connectivity index (χ4n) is 2.68. The minimum absolute atomic E-state index is 0.109. The zero-order valence-corrected chi connectivity index (χ0v) is 12.2. The standard InChI is InChI=1S/C17H16N2O3/c1-11-14(12-4-6-13(7-5-12)17(21)22)8-9-15(18-11)19-10-2-3-16(19)20/h4-9H,2-3,10H2,1H3,(H,21,22)/p-1. The number of hydrogen-bond acceptors (Lipinski definition) is 4.